The third kappa shape index (κ3) is 3.19. The lowest BCUT2D eigenvalue weighted by Gasteiger charge is -2.29. The number of nitrogens with one attached hydrogen (secondary N) is 1. The van der Waals surface area contributed by atoms with Crippen molar-refractivity contribution >= 4 is 33.5 Å². The molecule has 1 aromatic rings. The number of ether oxygens (including phenoxy) is 1. The van der Waals surface area contributed by atoms with Crippen LogP contribution in [0.5, 0.6) is 0 Å². The van der Waals surface area contributed by atoms with E-state index in [2.05, 4.69) is 4.98 Å². The number of nitrogen functional groups attached to an aromatic ring is 1. The number of hydrogen-bond acceptors (Lipinski definition) is 5. The molecule has 2 heterocycles. The molecule has 8 heteroatoms. The molecule has 1 aromatic heterocycles. The lowest BCUT2D eigenvalue weighted by Crippen LogP contribution is -2.39. The first kappa shape index (κ1) is 14.6. The van der Waals surface area contributed by atoms with E-state index in [1.807, 2.05) is 0 Å². The number of carbonyl (C=O) groups is 1. The Morgan fingerprint density at radius 3 is 3.00 bits per heavy atom. The number of amides is 1. The van der Waals surface area contributed by atoms with Crippen molar-refractivity contribution in [3.63, 3.8) is 0 Å². The van der Waals surface area contributed by atoms with Crippen LogP contribution in [0.2, 0.25) is 5.21 Å². The number of nitrogens with zero attached hydrogens (tertiary/aromatic N) is 2. The number of pyridine rings is 1. The molecule has 0 atom stereocenters. The van der Waals surface area contributed by atoms with Crippen molar-refractivity contribution in [3.05, 3.63) is 23.5 Å². The number of aromatic nitrogens is 1. The molecule has 4 radical (unpaired) electrons. The van der Waals surface area contributed by atoms with Crippen LogP contribution in [0.3, 0.4) is 0 Å². The summed E-state index contributed by atoms with van der Waals surface area (Å²) in [6.07, 6.45) is 2.48. The molecule has 1 aliphatic heterocycles. The van der Waals surface area contributed by atoms with Gasteiger partial charge in [-0.15, -0.1) is 0 Å². The molecule has 0 unspecified atom stereocenters. The molecule has 0 aliphatic carbocycles. The van der Waals surface area contributed by atoms with E-state index in [0.717, 1.165) is 6.21 Å². The quantitative estimate of drug-likeness (QED) is 0.563. The van der Waals surface area contributed by atoms with Crippen molar-refractivity contribution in [3.8, 4) is 0 Å². The molecule has 0 spiro atoms. The molecule has 6 nitrogen and oxygen atoms in total. The van der Waals surface area contributed by atoms with E-state index in [9.17, 15) is 4.79 Å². The summed E-state index contributed by atoms with van der Waals surface area (Å²) in [5, 5.41) is 6.07. The van der Waals surface area contributed by atoms with Crippen LogP contribution in [0.15, 0.2) is 12.3 Å². The van der Waals surface area contributed by atoms with Crippen LogP contribution < -0.4 is 5.73 Å². The predicted octanol–water partition coefficient (Wildman–Crippen LogP) is -0.413. The van der Waals surface area contributed by atoms with Gasteiger partial charge in [-0.25, -0.2) is 0 Å². The summed E-state index contributed by atoms with van der Waals surface area (Å²) >= 11 is 0. The smallest absolute Gasteiger partial charge is 0.272 e. The molecule has 0 bridgehead atoms. The first-order chi connectivity index (χ1) is 9.43. The Hall–Kier alpha value is -1.82. The van der Waals surface area contributed by atoms with E-state index < -0.39 is 5.21 Å². The SMILES string of the molecule is [B]C1([B])COCCN(C(=O)c2cc(N)c(C=N)cn2)C1. The van der Waals surface area contributed by atoms with Gasteiger partial charge < -0.3 is 20.8 Å². The van der Waals surface area contributed by atoms with E-state index in [0.29, 0.717) is 24.4 Å². The minimum Gasteiger partial charge on any atom is -0.398 e. The summed E-state index contributed by atoms with van der Waals surface area (Å²) in [7, 11) is 11.7. The van der Waals surface area contributed by atoms with Crippen molar-refractivity contribution in [2.75, 3.05) is 32.0 Å². The standard InChI is InChI=1S/C12H14B2N4O2/c13-12(14)6-18(1-2-20-7-12)11(19)10-3-9(16)8(4-15)5-17-10/h3-5,15H,1-2,6-7H2,(H2,16,17). The zero-order valence-corrected chi connectivity index (χ0v) is 11.0. The first-order valence-corrected chi connectivity index (χ1v) is 6.14. The van der Waals surface area contributed by atoms with E-state index in [1.54, 1.807) is 0 Å². The fourth-order valence-electron chi connectivity index (χ4n) is 1.97. The fraction of sp³-hybridized carbons (Fsp3) is 0.417. The van der Waals surface area contributed by atoms with E-state index in [-0.39, 0.29) is 24.8 Å². The molecule has 20 heavy (non-hydrogen) atoms. The molecule has 1 aliphatic rings. The van der Waals surface area contributed by atoms with E-state index >= 15 is 0 Å². The lowest BCUT2D eigenvalue weighted by molar-refractivity contribution is 0.0735. The van der Waals surface area contributed by atoms with Gasteiger partial charge in [0.1, 0.15) is 5.69 Å². The van der Waals surface area contributed by atoms with Crippen LogP contribution >= 0.6 is 0 Å². The molecule has 3 N–H and O–H groups in total. The monoisotopic (exact) mass is 268 g/mol. The van der Waals surface area contributed by atoms with Gasteiger partial charge in [0.25, 0.3) is 5.91 Å². The highest BCUT2D eigenvalue weighted by Gasteiger charge is 2.28. The third-order valence-corrected chi connectivity index (χ3v) is 2.99. The number of hydrogen-bond donors (Lipinski definition) is 2. The topological polar surface area (TPSA) is 92.3 Å². The van der Waals surface area contributed by atoms with Crippen molar-refractivity contribution in [1.29, 1.82) is 5.41 Å². The predicted molar refractivity (Wildman–Crippen MR) is 77.5 cm³/mol. The number of anilines is 1. The zero-order chi connectivity index (χ0) is 14.8. The normalized spacial score (nSPS) is 18.3. The van der Waals surface area contributed by atoms with Gasteiger partial charge in [-0.2, -0.15) is 0 Å². The van der Waals surface area contributed by atoms with Gasteiger partial charge in [0.05, 0.1) is 22.3 Å². The second kappa shape index (κ2) is 5.66. The maximum atomic E-state index is 12.4. The molecule has 100 valence electrons. The Bertz CT molecular complexity index is 536. The minimum absolute atomic E-state index is 0.180. The molecule has 2 rings (SSSR count). The van der Waals surface area contributed by atoms with Crippen LogP contribution in [0.4, 0.5) is 5.69 Å². The number of rotatable bonds is 2. The van der Waals surface area contributed by atoms with Gasteiger partial charge >= 0.3 is 0 Å². The second-order valence-electron chi connectivity index (χ2n) is 4.86. The number of carbonyl (C=O) groups excluding carboxylic acids is 1. The Morgan fingerprint density at radius 1 is 1.60 bits per heavy atom. The van der Waals surface area contributed by atoms with E-state index in [1.165, 1.54) is 17.2 Å². The summed E-state index contributed by atoms with van der Waals surface area (Å²) in [5.41, 5.74) is 6.74. The highest BCUT2D eigenvalue weighted by Crippen LogP contribution is 2.22. The van der Waals surface area contributed by atoms with Crippen LogP contribution in [0, 0.1) is 5.41 Å². The Kier molecular flexibility index (Phi) is 4.13. The molecule has 0 aromatic carbocycles. The molecular weight excluding hydrogens is 254 g/mol. The van der Waals surface area contributed by atoms with Gasteiger partial charge in [0, 0.05) is 43.4 Å². The summed E-state index contributed by atoms with van der Waals surface area (Å²) in [4.78, 5) is 17.9. The summed E-state index contributed by atoms with van der Waals surface area (Å²) in [6, 6.07) is 1.45. The Labute approximate surface area is 120 Å². The van der Waals surface area contributed by atoms with Gasteiger partial charge in [0.15, 0.2) is 0 Å². The highest BCUT2D eigenvalue weighted by atomic mass is 16.5. The second-order valence-corrected chi connectivity index (χ2v) is 4.86. The zero-order valence-electron chi connectivity index (χ0n) is 11.0. The fourth-order valence-corrected chi connectivity index (χ4v) is 1.97. The van der Waals surface area contributed by atoms with Crippen molar-refractivity contribution in [2.45, 2.75) is 5.21 Å². The van der Waals surface area contributed by atoms with Crippen LogP contribution in [0.1, 0.15) is 16.1 Å². The largest absolute Gasteiger partial charge is 0.398 e. The molecule has 1 amide bonds. The average Bonchev–Trinajstić information content (AvgIpc) is 2.58. The van der Waals surface area contributed by atoms with Gasteiger partial charge in [-0.1, -0.05) is 5.21 Å². The maximum Gasteiger partial charge on any atom is 0.272 e. The summed E-state index contributed by atoms with van der Waals surface area (Å²) < 4.78 is 5.27. The minimum atomic E-state index is -1.08. The Morgan fingerprint density at radius 2 is 2.35 bits per heavy atom. The van der Waals surface area contributed by atoms with E-state index in [4.69, 9.17) is 31.6 Å². The molecule has 1 saturated heterocycles. The molecule has 0 saturated carbocycles. The van der Waals surface area contributed by atoms with Gasteiger partial charge in [-0.3, -0.25) is 9.78 Å². The summed E-state index contributed by atoms with van der Waals surface area (Å²) in [6.45, 7) is 1.14. The van der Waals surface area contributed by atoms with Crippen LogP contribution in [-0.2, 0) is 4.74 Å². The number of nitrogens with two attached hydrogens (primary N) is 1. The van der Waals surface area contributed by atoms with Crippen molar-refractivity contribution in [2.24, 2.45) is 0 Å². The van der Waals surface area contributed by atoms with Gasteiger partial charge in [0.2, 0.25) is 0 Å². The van der Waals surface area contributed by atoms with Crippen LogP contribution in [-0.4, -0.2) is 64.0 Å². The van der Waals surface area contributed by atoms with Gasteiger partial charge in [-0.05, 0) is 6.07 Å². The summed E-state index contributed by atoms with van der Waals surface area (Å²) in [5.74, 6) is -0.306. The highest BCUT2D eigenvalue weighted by molar-refractivity contribution is 6.40. The first-order valence-electron chi connectivity index (χ1n) is 6.14. The van der Waals surface area contributed by atoms with Crippen LogP contribution in [0.25, 0.3) is 0 Å². The molecule has 1 fully saturated rings. The Balaban J connectivity index is 2.21. The molecular formula is C12H14B2N4O2. The maximum absolute atomic E-state index is 12.4. The van der Waals surface area contributed by atoms with Crippen molar-refractivity contribution < 1.29 is 9.53 Å². The van der Waals surface area contributed by atoms with Crippen molar-refractivity contribution in [1.82, 2.24) is 9.88 Å². The third-order valence-electron chi connectivity index (χ3n) is 2.99. The average molecular weight is 268 g/mol. The lowest BCUT2D eigenvalue weighted by atomic mass is 9.55.